The van der Waals surface area contributed by atoms with E-state index in [1.807, 2.05) is 24.7 Å². The largest absolute Gasteiger partial charge is 0.327 e. The molecule has 74 valence electrons. The number of nitrogens with one attached hydrogen (secondary N) is 1. The summed E-state index contributed by atoms with van der Waals surface area (Å²) >= 11 is 0. The molecule has 1 atom stereocenters. The average Bonchev–Trinajstić information content (AvgIpc) is 2.56. The Morgan fingerprint density at radius 3 is 3.07 bits per heavy atom. The second kappa shape index (κ2) is 3.33. The van der Waals surface area contributed by atoms with E-state index >= 15 is 0 Å². The van der Waals surface area contributed by atoms with Crippen LogP contribution in [0.1, 0.15) is 12.0 Å². The van der Waals surface area contributed by atoms with Gasteiger partial charge >= 0.3 is 0 Å². The van der Waals surface area contributed by atoms with Crippen LogP contribution in [-0.4, -0.2) is 19.7 Å². The maximum Gasteiger partial charge on any atom is 0.178 e. The summed E-state index contributed by atoms with van der Waals surface area (Å²) in [5.41, 5.74) is 9.04. The Morgan fingerprint density at radius 1 is 1.64 bits per heavy atom. The monoisotopic (exact) mass is 193 g/mol. The van der Waals surface area contributed by atoms with E-state index in [0.717, 1.165) is 5.52 Å². The van der Waals surface area contributed by atoms with Crippen molar-refractivity contribution in [3.05, 3.63) is 24.2 Å². The lowest BCUT2D eigenvalue weighted by molar-refractivity contribution is 0.124. The number of aromatic nitrogens is 3. The number of nitrogens with zero attached hydrogens (tertiary/aromatic N) is 3. The number of hydrogen-bond acceptors (Lipinski definition) is 5. The zero-order chi connectivity index (χ0) is 10.1. The van der Waals surface area contributed by atoms with Gasteiger partial charge in [-0.15, -0.1) is 0 Å². The van der Waals surface area contributed by atoms with Gasteiger partial charge in [0.05, 0.1) is 5.52 Å². The minimum absolute atomic E-state index is 0.543. The van der Waals surface area contributed by atoms with Crippen molar-refractivity contribution >= 4 is 11.2 Å². The maximum absolute atomic E-state index is 8.69. The van der Waals surface area contributed by atoms with Crippen LogP contribution in [0, 0.1) is 0 Å². The maximum atomic E-state index is 8.69. The van der Waals surface area contributed by atoms with Crippen molar-refractivity contribution in [3.63, 3.8) is 0 Å². The third-order valence-corrected chi connectivity index (χ3v) is 2.11. The van der Waals surface area contributed by atoms with Crippen LogP contribution in [0.15, 0.2) is 18.3 Å². The highest BCUT2D eigenvalue weighted by Crippen LogP contribution is 2.14. The summed E-state index contributed by atoms with van der Waals surface area (Å²) in [5, 5.41) is 8.69. The standard InChI is InChI=1S/C8H11N5O/c1-13-5-3-2-4-10-7(5)11-8(13)6(9)12-14/h2-4,6,12,14H,9H2,1H3. The fraction of sp³-hybridized carbons (Fsp3) is 0.250. The molecule has 2 heterocycles. The second-order valence-corrected chi connectivity index (χ2v) is 2.98. The summed E-state index contributed by atoms with van der Waals surface area (Å²) in [7, 11) is 1.82. The molecule has 4 N–H and O–H groups in total. The second-order valence-electron chi connectivity index (χ2n) is 2.98. The fourth-order valence-corrected chi connectivity index (χ4v) is 1.38. The first-order valence-electron chi connectivity index (χ1n) is 4.16. The van der Waals surface area contributed by atoms with Crippen LogP contribution in [0.3, 0.4) is 0 Å². The quantitative estimate of drug-likeness (QED) is 0.458. The molecule has 0 fully saturated rings. The molecular formula is C8H11N5O. The van der Waals surface area contributed by atoms with Gasteiger partial charge in [-0.05, 0) is 12.1 Å². The average molecular weight is 193 g/mol. The third kappa shape index (κ3) is 1.25. The highest BCUT2D eigenvalue weighted by atomic mass is 16.5. The minimum atomic E-state index is -0.700. The highest BCUT2D eigenvalue weighted by Gasteiger charge is 2.13. The predicted octanol–water partition coefficient (Wildman–Crippen LogP) is -0.0956. The molecule has 0 saturated carbocycles. The predicted molar refractivity (Wildman–Crippen MR) is 50.4 cm³/mol. The Kier molecular flexibility index (Phi) is 2.16. The molecule has 2 aromatic rings. The smallest absolute Gasteiger partial charge is 0.178 e. The van der Waals surface area contributed by atoms with Crippen molar-refractivity contribution in [3.8, 4) is 0 Å². The number of fused-ring (bicyclic) bond motifs is 1. The van der Waals surface area contributed by atoms with Crippen LogP contribution in [-0.2, 0) is 7.05 Å². The molecule has 1 unspecified atom stereocenters. The number of nitrogens with two attached hydrogens (primary N) is 1. The van der Waals surface area contributed by atoms with Gasteiger partial charge in [-0.1, -0.05) is 0 Å². The van der Waals surface area contributed by atoms with E-state index in [-0.39, 0.29) is 0 Å². The van der Waals surface area contributed by atoms with Crippen LogP contribution in [0.2, 0.25) is 0 Å². The van der Waals surface area contributed by atoms with E-state index in [1.54, 1.807) is 10.8 Å². The molecule has 0 aliphatic heterocycles. The molecule has 2 rings (SSSR count). The van der Waals surface area contributed by atoms with E-state index in [4.69, 9.17) is 10.9 Å². The first-order chi connectivity index (χ1) is 6.74. The number of hydrogen-bond donors (Lipinski definition) is 3. The van der Waals surface area contributed by atoms with Gasteiger partial charge in [-0.25, -0.2) is 9.97 Å². The van der Waals surface area contributed by atoms with Crippen molar-refractivity contribution in [1.82, 2.24) is 20.0 Å². The molecule has 14 heavy (non-hydrogen) atoms. The molecule has 0 radical (unpaired) electrons. The van der Waals surface area contributed by atoms with E-state index in [1.165, 1.54) is 0 Å². The number of aryl methyl sites for hydroxylation is 1. The summed E-state index contributed by atoms with van der Waals surface area (Å²) in [6, 6.07) is 3.72. The Hall–Kier alpha value is -1.50. The van der Waals surface area contributed by atoms with Gasteiger partial charge in [0.1, 0.15) is 12.0 Å². The van der Waals surface area contributed by atoms with Gasteiger partial charge in [0.2, 0.25) is 0 Å². The van der Waals surface area contributed by atoms with Gasteiger partial charge < -0.3 is 15.5 Å². The molecular weight excluding hydrogens is 182 g/mol. The molecule has 0 saturated heterocycles. The van der Waals surface area contributed by atoms with Crippen LogP contribution in [0.25, 0.3) is 11.2 Å². The summed E-state index contributed by atoms with van der Waals surface area (Å²) in [4.78, 5) is 8.27. The van der Waals surface area contributed by atoms with E-state index in [9.17, 15) is 0 Å². The lowest BCUT2D eigenvalue weighted by Gasteiger charge is -2.08. The molecule has 0 aromatic carbocycles. The Labute approximate surface area is 80.3 Å². The number of rotatable bonds is 2. The lowest BCUT2D eigenvalue weighted by atomic mass is 10.4. The Bertz CT molecular complexity index is 452. The van der Waals surface area contributed by atoms with Crippen LogP contribution >= 0.6 is 0 Å². The topological polar surface area (TPSA) is 89.0 Å². The van der Waals surface area contributed by atoms with Gasteiger partial charge in [0.25, 0.3) is 0 Å². The normalized spacial score (nSPS) is 13.4. The van der Waals surface area contributed by atoms with Gasteiger partial charge in [-0.3, -0.25) is 0 Å². The fourth-order valence-electron chi connectivity index (χ4n) is 1.38. The molecule has 6 heteroatoms. The summed E-state index contributed by atoms with van der Waals surface area (Å²) < 4.78 is 1.79. The van der Waals surface area contributed by atoms with Crippen LogP contribution in [0.5, 0.6) is 0 Å². The molecule has 0 bridgehead atoms. The summed E-state index contributed by atoms with van der Waals surface area (Å²) in [5.74, 6) is 0.543. The summed E-state index contributed by atoms with van der Waals surface area (Å²) in [6.07, 6.45) is 0.964. The number of pyridine rings is 1. The summed E-state index contributed by atoms with van der Waals surface area (Å²) in [6.45, 7) is 0. The van der Waals surface area contributed by atoms with Crippen molar-refractivity contribution in [1.29, 1.82) is 0 Å². The van der Waals surface area contributed by atoms with E-state index in [0.29, 0.717) is 11.5 Å². The minimum Gasteiger partial charge on any atom is -0.327 e. The molecule has 0 aliphatic rings. The Morgan fingerprint density at radius 2 is 2.43 bits per heavy atom. The van der Waals surface area contributed by atoms with Crippen molar-refractivity contribution in [2.75, 3.05) is 0 Å². The first-order valence-corrected chi connectivity index (χ1v) is 4.16. The van der Waals surface area contributed by atoms with Crippen LogP contribution < -0.4 is 11.2 Å². The van der Waals surface area contributed by atoms with Crippen molar-refractivity contribution in [2.24, 2.45) is 12.8 Å². The number of hydroxylamine groups is 1. The van der Waals surface area contributed by atoms with E-state index < -0.39 is 6.17 Å². The zero-order valence-corrected chi connectivity index (χ0v) is 7.68. The SMILES string of the molecule is Cn1c(C(N)NO)nc2ncccc21. The molecule has 0 amide bonds. The van der Waals surface area contributed by atoms with Gasteiger partial charge in [0, 0.05) is 13.2 Å². The Balaban J connectivity index is 2.62. The highest BCUT2D eigenvalue weighted by molar-refractivity contribution is 5.71. The van der Waals surface area contributed by atoms with Gasteiger partial charge in [0.15, 0.2) is 5.65 Å². The molecule has 0 aliphatic carbocycles. The first kappa shape index (κ1) is 9.07. The number of imidazole rings is 1. The molecule has 2 aromatic heterocycles. The van der Waals surface area contributed by atoms with Crippen LogP contribution in [0.4, 0.5) is 0 Å². The van der Waals surface area contributed by atoms with Crippen molar-refractivity contribution in [2.45, 2.75) is 6.17 Å². The molecule has 6 nitrogen and oxygen atoms in total. The molecule has 0 spiro atoms. The van der Waals surface area contributed by atoms with Crippen molar-refractivity contribution < 1.29 is 5.21 Å². The lowest BCUT2D eigenvalue weighted by Crippen LogP contribution is -2.28. The third-order valence-electron chi connectivity index (χ3n) is 2.11. The van der Waals surface area contributed by atoms with Gasteiger partial charge in [-0.2, -0.15) is 5.48 Å². The zero-order valence-electron chi connectivity index (χ0n) is 7.68. The van der Waals surface area contributed by atoms with E-state index in [2.05, 4.69) is 9.97 Å².